The van der Waals surface area contributed by atoms with Crippen LogP contribution in [0.2, 0.25) is 0 Å². The van der Waals surface area contributed by atoms with Crippen molar-refractivity contribution in [3.05, 3.63) is 0 Å². The van der Waals surface area contributed by atoms with Crippen molar-refractivity contribution >= 4 is 0 Å². The van der Waals surface area contributed by atoms with E-state index >= 15 is 0 Å². The van der Waals surface area contributed by atoms with Crippen LogP contribution in [0.3, 0.4) is 0 Å². The average molecular weight is 131 g/mol. The number of rotatable bonds is 5. The molecule has 0 aliphatic heterocycles. The molecule has 1 atom stereocenters. The van der Waals surface area contributed by atoms with Crippen LogP contribution in [-0.2, 0) is 4.74 Å². The van der Waals surface area contributed by atoms with Crippen molar-refractivity contribution < 1.29 is 4.74 Å². The molecule has 56 valence electrons. The summed E-state index contributed by atoms with van der Waals surface area (Å²) >= 11 is 0. The molecule has 0 heterocycles. The van der Waals surface area contributed by atoms with Crippen LogP contribution in [0.4, 0.5) is 0 Å². The van der Waals surface area contributed by atoms with Gasteiger partial charge in [0.05, 0.1) is 6.73 Å². The molecule has 0 saturated heterocycles. The van der Waals surface area contributed by atoms with E-state index in [1.807, 2.05) is 0 Å². The van der Waals surface area contributed by atoms with Gasteiger partial charge in [0.25, 0.3) is 0 Å². The zero-order chi connectivity index (χ0) is 7.11. The minimum atomic E-state index is 0.671. The van der Waals surface area contributed by atoms with E-state index in [4.69, 9.17) is 4.74 Å². The average Bonchev–Trinajstić information content (AvgIpc) is 1.89. The van der Waals surface area contributed by atoms with Gasteiger partial charge in [-0.15, -0.1) is 0 Å². The van der Waals surface area contributed by atoms with Gasteiger partial charge in [-0.3, -0.25) is 5.32 Å². The van der Waals surface area contributed by atoms with Crippen molar-refractivity contribution in [2.75, 3.05) is 20.4 Å². The lowest BCUT2D eigenvalue weighted by atomic mass is 10.1. The monoisotopic (exact) mass is 131 g/mol. The van der Waals surface area contributed by atoms with Crippen LogP contribution >= 0.6 is 0 Å². The van der Waals surface area contributed by atoms with Gasteiger partial charge in [0.15, 0.2) is 0 Å². The summed E-state index contributed by atoms with van der Waals surface area (Å²) < 4.78 is 4.83. The molecule has 0 aliphatic carbocycles. The Labute approximate surface area is 57.6 Å². The van der Waals surface area contributed by atoms with E-state index in [2.05, 4.69) is 19.2 Å². The highest BCUT2D eigenvalue weighted by molar-refractivity contribution is 4.50. The Morgan fingerprint density at radius 2 is 2.22 bits per heavy atom. The highest BCUT2D eigenvalue weighted by atomic mass is 16.5. The molecule has 0 aromatic rings. The van der Waals surface area contributed by atoms with Gasteiger partial charge in [-0.2, -0.15) is 0 Å². The zero-order valence-electron chi connectivity index (χ0n) is 6.61. The third-order valence-corrected chi connectivity index (χ3v) is 1.44. The van der Waals surface area contributed by atoms with Crippen LogP contribution in [0.1, 0.15) is 20.3 Å². The maximum Gasteiger partial charge on any atom is 0.0961 e. The second-order valence-corrected chi connectivity index (χ2v) is 2.40. The van der Waals surface area contributed by atoms with Crippen molar-refractivity contribution in [3.63, 3.8) is 0 Å². The van der Waals surface area contributed by atoms with Crippen molar-refractivity contribution in [2.45, 2.75) is 20.3 Å². The summed E-state index contributed by atoms with van der Waals surface area (Å²) in [5.74, 6) is 0.764. The molecule has 1 N–H and O–H groups in total. The second-order valence-electron chi connectivity index (χ2n) is 2.40. The summed E-state index contributed by atoms with van der Waals surface area (Å²) in [4.78, 5) is 0. The lowest BCUT2D eigenvalue weighted by molar-refractivity contribution is 0.171. The van der Waals surface area contributed by atoms with Crippen LogP contribution in [0.15, 0.2) is 0 Å². The molecule has 0 saturated carbocycles. The Morgan fingerprint density at radius 1 is 1.56 bits per heavy atom. The maximum absolute atomic E-state index is 4.83. The first-order chi connectivity index (χ1) is 4.31. The van der Waals surface area contributed by atoms with Crippen molar-refractivity contribution in [2.24, 2.45) is 5.92 Å². The van der Waals surface area contributed by atoms with Gasteiger partial charge in [-0.05, 0) is 12.5 Å². The molecule has 0 rings (SSSR count). The van der Waals surface area contributed by atoms with Crippen molar-refractivity contribution in [3.8, 4) is 0 Å². The van der Waals surface area contributed by atoms with Gasteiger partial charge in [-0.25, -0.2) is 0 Å². The van der Waals surface area contributed by atoms with Gasteiger partial charge in [-0.1, -0.05) is 20.3 Å². The molecule has 0 aromatic carbocycles. The fraction of sp³-hybridized carbons (Fsp3) is 1.00. The molecule has 1 unspecified atom stereocenters. The normalized spacial score (nSPS) is 13.7. The lowest BCUT2D eigenvalue weighted by Crippen LogP contribution is -2.22. The standard InChI is InChI=1S/C7H17NO/c1-4-7(2)5-8-6-9-3/h7-8H,4-6H2,1-3H3. The highest BCUT2D eigenvalue weighted by Crippen LogP contribution is 1.96. The Hall–Kier alpha value is -0.0800. The van der Waals surface area contributed by atoms with E-state index in [1.165, 1.54) is 6.42 Å². The van der Waals surface area contributed by atoms with Crippen LogP contribution in [-0.4, -0.2) is 20.4 Å². The predicted molar refractivity (Wildman–Crippen MR) is 39.3 cm³/mol. The third-order valence-electron chi connectivity index (χ3n) is 1.44. The molecule has 0 aromatic heterocycles. The molecule has 0 aliphatic rings. The zero-order valence-corrected chi connectivity index (χ0v) is 6.61. The highest BCUT2D eigenvalue weighted by Gasteiger charge is 1.94. The number of hydrogen-bond donors (Lipinski definition) is 1. The molecule has 9 heavy (non-hydrogen) atoms. The van der Waals surface area contributed by atoms with E-state index in [0.29, 0.717) is 6.73 Å². The predicted octanol–water partition coefficient (Wildman–Crippen LogP) is 1.23. The van der Waals surface area contributed by atoms with Crippen molar-refractivity contribution in [1.82, 2.24) is 5.32 Å². The Bertz CT molecular complexity index is 56.9. The summed E-state index contributed by atoms with van der Waals surface area (Å²) in [6.07, 6.45) is 1.23. The fourth-order valence-corrected chi connectivity index (χ4v) is 0.552. The summed E-state index contributed by atoms with van der Waals surface area (Å²) in [6, 6.07) is 0. The Morgan fingerprint density at radius 3 is 2.67 bits per heavy atom. The van der Waals surface area contributed by atoms with Gasteiger partial charge in [0, 0.05) is 7.11 Å². The van der Waals surface area contributed by atoms with E-state index in [-0.39, 0.29) is 0 Å². The van der Waals surface area contributed by atoms with Crippen LogP contribution in [0.5, 0.6) is 0 Å². The van der Waals surface area contributed by atoms with Crippen LogP contribution in [0, 0.1) is 5.92 Å². The van der Waals surface area contributed by atoms with Crippen LogP contribution in [0.25, 0.3) is 0 Å². The largest absolute Gasteiger partial charge is 0.370 e. The molecular weight excluding hydrogens is 114 g/mol. The van der Waals surface area contributed by atoms with Gasteiger partial charge < -0.3 is 4.74 Å². The number of nitrogens with one attached hydrogen (secondary N) is 1. The van der Waals surface area contributed by atoms with E-state index in [1.54, 1.807) is 7.11 Å². The molecule has 0 radical (unpaired) electrons. The SMILES string of the molecule is CCC(C)CNCOC. The molecule has 0 spiro atoms. The maximum atomic E-state index is 4.83. The minimum absolute atomic E-state index is 0.671. The second kappa shape index (κ2) is 6.05. The number of ether oxygens (including phenoxy) is 1. The molecular formula is C7H17NO. The molecule has 0 bridgehead atoms. The van der Waals surface area contributed by atoms with Gasteiger partial charge in [0.2, 0.25) is 0 Å². The molecule has 2 nitrogen and oxygen atoms in total. The summed E-state index contributed by atoms with van der Waals surface area (Å²) in [5.41, 5.74) is 0. The van der Waals surface area contributed by atoms with E-state index < -0.39 is 0 Å². The topological polar surface area (TPSA) is 21.3 Å². The van der Waals surface area contributed by atoms with Gasteiger partial charge in [0.1, 0.15) is 0 Å². The van der Waals surface area contributed by atoms with Gasteiger partial charge >= 0.3 is 0 Å². The Kier molecular flexibility index (Phi) is 5.99. The first-order valence-electron chi connectivity index (χ1n) is 3.50. The van der Waals surface area contributed by atoms with E-state index in [0.717, 1.165) is 12.5 Å². The van der Waals surface area contributed by atoms with E-state index in [9.17, 15) is 0 Å². The summed E-state index contributed by atoms with van der Waals surface area (Å²) in [5, 5.41) is 3.16. The smallest absolute Gasteiger partial charge is 0.0961 e. The number of methoxy groups -OCH3 is 1. The molecule has 2 heteroatoms. The fourth-order valence-electron chi connectivity index (χ4n) is 0.552. The first-order valence-corrected chi connectivity index (χ1v) is 3.50. The molecule has 0 amide bonds. The van der Waals surface area contributed by atoms with Crippen molar-refractivity contribution in [1.29, 1.82) is 0 Å². The first kappa shape index (κ1) is 8.92. The minimum Gasteiger partial charge on any atom is -0.370 e. The quantitative estimate of drug-likeness (QED) is 0.447. The number of hydrogen-bond acceptors (Lipinski definition) is 2. The lowest BCUT2D eigenvalue weighted by Gasteiger charge is -2.07. The third kappa shape index (κ3) is 5.80. The molecule has 0 fully saturated rings. The summed E-state index contributed by atoms with van der Waals surface area (Å²) in [7, 11) is 1.70. The van der Waals surface area contributed by atoms with Crippen LogP contribution < -0.4 is 5.32 Å². The Balaban J connectivity index is 2.88. The summed E-state index contributed by atoms with van der Waals surface area (Å²) in [6.45, 7) is 6.15.